The summed E-state index contributed by atoms with van der Waals surface area (Å²) in [5.41, 5.74) is 1.48. The summed E-state index contributed by atoms with van der Waals surface area (Å²) in [5.74, 6) is 0. The quantitative estimate of drug-likeness (QED) is 0.658. The van der Waals surface area contributed by atoms with Crippen LogP contribution in [0.15, 0.2) is 25.6 Å². The van der Waals surface area contributed by atoms with Crippen molar-refractivity contribution >= 4 is 53.5 Å². The van der Waals surface area contributed by atoms with Crippen LogP contribution in [-0.2, 0) is 0 Å². The molecule has 0 bridgehead atoms. The van der Waals surface area contributed by atoms with Crippen molar-refractivity contribution in [3.63, 3.8) is 0 Å². The second kappa shape index (κ2) is 5.87. The molecule has 0 atom stereocenters. The highest BCUT2D eigenvalue weighted by Gasteiger charge is 2.11. The Balaban J connectivity index is 2.68. The van der Waals surface area contributed by atoms with Crippen molar-refractivity contribution in [2.45, 2.75) is 27.2 Å². The van der Waals surface area contributed by atoms with Crippen LogP contribution in [0.2, 0.25) is 0 Å². The van der Waals surface area contributed by atoms with E-state index in [4.69, 9.17) is 0 Å². The summed E-state index contributed by atoms with van der Waals surface area (Å²) in [6, 6.07) is 4.09. The summed E-state index contributed by atoms with van der Waals surface area (Å²) in [7, 11) is 0. The first-order chi connectivity index (χ1) is 7.29. The highest BCUT2D eigenvalue weighted by molar-refractivity contribution is 9.11. The average molecular weight is 414 g/mol. The number of anilines is 1. The number of halogens is 3. The molecule has 0 unspecified atom stereocenters. The molecule has 1 aromatic rings. The van der Waals surface area contributed by atoms with Crippen molar-refractivity contribution in [2.75, 3.05) is 11.9 Å². The van der Waals surface area contributed by atoms with Crippen LogP contribution in [-0.4, -0.2) is 6.54 Å². The number of hydrogen-bond acceptors (Lipinski definition) is 1. The zero-order valence-electron chi connectivity index (χ0n) is 9.70. The fourth-order valence-electron chi connectivity index (χ4n) is 1.27. The van der Waals surface area contributed by atoms with Gasteiger partial charge in [0.1, 0.15) is 0 Å². The maximum Gasteiger partial charge on any atom is 0.0629 e. The molecule has 0 aliphatic rings. The van der Waals surface area contributed by atoms with Gasteiger partial charge < -0.3 is 5.32 Å². The van der Waals surface area contributed by atoms with Gasteiger partial charge in [-0.2, -0.15) is 0 Å². The fraction of sp³-hybridized carbons (Fsp3) is 0.500. The lowest BCUT2D eigenvalue weighted by atomic mass is 9.92. The van der Waals surface area contributed by atoms with Gasteiger partial charge in [0, 0.05) is 20.0 Å². The molecule has 0 amide bonds. The monoisotopic (exact) mass is 411 g/mol. The van der Waals surface area contributed by atoms with Crippen molar-refractivity contribution in [1.29, 1.82) is 0 Å². The van der Waals surface area contributed by atoms with Gasteiger partial charge in [-0.1, -0.05) is 36.7 Å². The van der Waals surface area contributed by atoms with E-state index in [1.54, 1.807) is 0 Å². The summed E-state index contributed by atoms with van der Waals surface area (Å²) in [6.45, 7) is 7.73. The Morgan fingerprint density at radius 1 is 1.06 bits per heavy atom. The molecule has 16 heavy (non-hydrogen) atoms. The van der Waals surface area contributed by atoms with Gasteiger partial charge in [0.05, 0.1) is 5.69 Å². The van der Waals surface area contributed by atoms with Crippen LogP contribution in [0.4, 0.5) is 5.69 Å². The van der Waals surface area contributed by atoms with E-state index in [0.29, 0.717) is 5.41 Å². The number of rotatable bonds is 3. The van der Waals surface area contributed by atoms with Crippen molar-refractivity contribution in [2.24, 2.45) is 5.41 Å². The summed E-state index contributed by atoms with van der Waals surface area (Å²) < 4.78 is 3.21. The van der Waals surface area contributed by atoms with Gasteiger partial charge in [0.15, 0.2) is 0 Å². The largest absolute Gasteiger partial charge is 0.383 e. The standard InChI is InChI=1S/C12H16Br3N/c1-12(2,3)4-5-16-11-9(14)6-8(13)7-10(11)15/h6-7,16H,4-5H2,1-3H3. The lowest BCUT2D eigenvalue weighted by molar-refractivity contribution is 0.390. The molecule has 1 N–H and O–H groups in total. The smallest absolute Gasteiger partial charge is 0.0629 e. The Kier molecular flexibility index (Phi) is 5.33. The van der Waals surface area contributed by atoms with Gasteiger partial charge in [-0.15, -0.1) is 0 Å². The Morgan fingerprint density at radius 2 is 1.56 bits per heavy atom. The maximum absolute atomic E-state index is 3.56. The molecule has 0 saturated heterocycles. The lowest BCUT2D eigenvalue weighted by Crippen LogP contribution is -2.13. The predicted octanol–water partition coefficient (Wildman–Crippen LogP) is 5.82. The molecule has 0 spiro atoms. The minimum atomic E-state index is 0.362. The minimum absolute atomic E-state index is 0.362. The van der Waals surface area contributed by atoms with Crippen LogP contribution in [0.1, 0.15) is 27.2 Å². The average Bonchev–Trinajstić information content (AvgIpc) is 2.07. The molecule has 0 fully saturated rings. The third-order valence-electron chi connectivity index (χ3n) is 2.18. The van der Waals surface area contributed by atoms with Gasteiger partial charge >= 0.3 is 0 Å². The number of hydrogen-bond donors (Lipinski definition) is 1. The summed E-state index contributed by atoms with van der Waals surface area (Å²) >= 11 is 10.6. The summed E-state index contributed by atoms with van der Waals surface area (Å²) in [6.07, 6.45) is 1.14. The molecule has 90 valence electrons. The normalized spacial score (nSPS) is 11.6. The Bertz CT molecular complexity index is 346. The van der Waals surface area contributed by atoms with Gasteiger partial charge in [0.2, 0.25) is 0 Å². The van der Waals surface area contributed by atoms with Crippen LogP contribution in [0.25, 0.3) is 0 Å². The summed E-state index contributed by atoms with van der Waals surface area (Å²) in [5, 5.41) is 3.45. The Morgan fingerprint density at radius 3 is 2.00 bits per heavy atom. The molecule has 1 nitrogen and oxygen atoms in total. The van der Waals surface area contributed by atoms with E-state index in [1.807, 2.05) is 12.1 Å². The predicted molar refractivity (Wildman–Crippen MR) is 82.1 cm³/mol. The Hall–Kier alpha value is 0.460. The first-order valence-corrected chi connectivity index (χ1v) is 7.56. The van der Waals surface area contributed by atoms with Crippen LogP contribution in [0, 0.1) is 5.41 Å². The van der Waals surface area contributed by atoms with E-state index in [2.05, 4.69) is 73.9 Å². The van der Waals surface area contributed by atoms with Crippen LogP contribution >= 0.6 is 47.8 Å². The van der Waals surface area contributed by atoms with Crippen LogP contribution in [0.3, 0.4) is 0 Å². The van der Waals surface area contributed by atoms with Crippen LogP contribution < -0.4 is 5.32 Å². The zero-order valence-corrected chi connectivity index (χ0v) is 14.5. The highest BCUT2D eigenvalue weighted by atomic mass is 79.9. The highest BCUT2D eigenvalue weighted by Crippen LogP contribution is 2.34. The number of nitrogens with one attached hydrogen (secondary N) is 1. The Labute approximate surface area is 123 Å². The molecule has 0 aliphatic heterocycles. The van der Waals surface area contributed by atoms with E-state index in [0.717, 1.165) is 32.1 Å². The van der Waals surface area contributed by atoms with Crippen molar-refractivity contribution in [3.05, 3.63) is 25.6 Å². The van der Waals surface area contributed by atoms with E-state index in [-0.39, 0.29) is 0 Å². The molecular formula is C12H16Br3N. The third kappa shape index (κ3) is 4.76. The second-order valence-electron chi connectivity index (χ2n) is 4.98. The SMILES string of the molecule is CC(C)(C)CCNc1c(Br)cc(Br)cc1Br. The van der Waals surface area contributed by atoms with Gasteiger partial charge in [-0.05, 0) is 55.8 Å². The van der Waals surface area contributed by atoms with E-state index >= 15 is 0 Å². The minimum Gasteiger partial charge on any atom is -0.383 e. The second-order valence-corrected chi connectivity index (χ2v) is 7.61. The van der Waals surface area contributed by atoms with E-state index in [9.17, 15) is 0 Å². The first-order valence-electron chi connectivity index (χ1n) is 5.18. The molecule has 0 saturated carbocycles. The molecular weight excluding hydrogens is 398 g/mol. The molecule has 1 aromatic carbocycles. The summed E-state index contributed by atoms with van der Waals surface area (Å²) in [4.78, 5) is 0. The molecule has 0 heterocycles. The van der Waals surface area contributed by atoms with Crippen LogP contribution in [0.5, 0.6) is 0 Å². The fourth-order valence-corrected chi connectivity index (χ4v) is 3.81. The topological polar surface area (TPSA) is 12.0 Å². The maximum atomic E-state index is 3.56. The lowest BCUT2D eigenvalue weighted by Gasteiger charge is -2.19. The van der Waals surface area contributed by atoms with Crippen molar-refractivity contribution in [1.82, 2.24) is 0 Å². The van der Waals surface area contributed by atoms with E-state index < -0.39 is 0 Å². The molecule has 0 aromatic heterocycles. The molecule has 0 radical (unpaired) electrons. The first kappa shape index (κ1) is 14.5. The van der Waals surface area contributed by atoms with E-state index in [1.165, 1.54) is 0 Å². The molecule has 0 aliphatic carbocycles. The van der Waals surface area contributed by atoms with Crippen molar-refractivity contribution < 1.29 is 0 Å². The van der Waals surface area contributed by atoms with Crippen molar-refractivity contribution in [3.8, 4) is 0 Å². The van der Waals surface area contributed by atoms with Gasteiger partial charge in [0.25, 0.3) is 0 Å². The number of benzene rings is 1. The molecule has 1 rings (SSSR count). The zero-order chi connectivity index (χ0) is 12.3. The third-order valence-corrected chi connectivity index (χ3v) is 3.89. The van der Waals surface area contributed by atoms with Gasteiger partial charge in [-0.25, -0.2) is 0 Å². The molecule has 4 heteroatoms. The van der Waals surface area contributed by atoms with Gasteiger partial charge in [-0.3, -0.25) is 0 Å².